The predicted octanol–water partition coefficient (Wildman–Crippen LogP) is 2.61. The van der Waals surface area contributed by atoms with E-state index in [0.717, 1.165) is 17.7 Å². The fourth-order valence-electron chi connectivity index (χ4n) is 0.590. The lowest BCUT2D eigenvalue weighted by Gasteiger charge is -2.01. The smallest absolute Gasteiger partial charge is 0.107 e. The molecule has 0 aliphatic rings. The van der Waals surface area contributed by atoms with Crippen molar-refractivity contribution in [2.45, 2.75) is 20.3 Å². The maximum atomic E-state index is 5.58. The SMILES string of the molecule is [B]/C(=C/C=C(\C)OCCCl)CC. The molecule has 0 saturated heterocycles. The first kappa shape index (κ1) is 11.6. The maximum absolute atomic E-state index is 5.58. The first-order valence-corrected chi connectivity index (χ1v) is 4.55. The molecule has 3 heteroatoms. The van der Waals surface area contributed by atoms with Gasteiger partial charge in [0.25, 0.3) is 0 Å². The second-order valence-electron chi connectivity index (χ2n) is 2.41. The Morgan fingerprint density at radius 3 is 2.67 bits per heavy atom. The van der Waals surface area contributed by atoms with E-state index in [1.54, 1.807) is 0 Å². The molecule has 1 nitrogen and oxygen atoms in total. The van der Waals surface area contributed by atoms with E-state index in [-0.39, 0.29) is 0 Å². The number of ether oxygens (including phenoxy) is 1. The standard InChI is InChI=1S/C9H14BClO/c1-3-9(10)5-4-8(2)12-7-6-11/h4-5H,3,6-7H2,1-2H3/b8-4+,9-5+. The van der Waals surface area contributed by atoms with Gasteiger partial charge >= 0.3 is 0 Å². The average Bonchev–Trinajstić information content (AvgIpc) is 2.10. The Bertz CT molecular complexity index is 175. The second kappa shape index (κ2) is 7.29. The summed E-state index contributed by atoms with van der Waals surface area (Å²) in [5, 5.41) is 0. The van der Waals surface area contributed by atoms with Crippen LogP contribution < -0.4 is 0 Å². The average molecular weight is 184 g/mol. The molecule has 0 atom stereocenters. The van der Waals surface area contributed by atoms with Crippen molar-refractivity contribution in [1.82, 2.24) is 0 Å². The Balaban J connectivity index is 3.82. The fourth-order valence-corrected chi connectivity index (χ4v) is 0.667. The number of rotatable bonds is 5. The highest BCUT2D eigenvalue weighted by molar-refractivity contribution is 6.21. The topological polar surface area (TPSA) is 9.23 Å². The predicted molar refractivity (Wildman–Crippen MR) is 54.6 cm³/mol. The van der Waals surface area contributed by atoms with Crippen LogP contribution in [0.3, 0.4) is 0 Å². The number of halogens is 1. The zero-order valence-corrected chi connectivity index (χ0v) is 8.40. The molecule has 0 aromatic heterocycles. The van der Waals surface area contributed by atoms with Crippen molar-refractivity contribution >= 4 is 19.4 Å². The Labute approximate surface area is 80.8 Å². The molecule has 0 unspecified atom stereocenters. The molecule has 0 fully saturated rings. The Morgan fingerprint density at radius 1 is 1.50 bits per heavy atom. The molecule has 0 rings (SSSR count). The molecule has 12 heavy (non-hydrogen) atoms. The summed E-state index contributed by atoms with van der Waals surface area (Å²) in [6.07, 6.45) is 4.56. The van der Waals surface area contributed by atoms with Crippen LogP contribution in [0.2, 0.25) is 0 Å². The summed E-state index contributed by atoms with van der Waals surface area (Å²) in [6, 6.07) is 0. The van der Waals surface area contributed by atoms with Gasteiger partial charge in [0.2, 0.25) is 0 Å². The van der Waals surface area contributed by atoms with E-state index >= 15 is 0 Å². The highest BCUT2D eigenvalue weighted by Gasteiger charge is 1.86. The van der Waals surface area contributed by atoms with Gasteiger partial charge in [-0.1, -0.05) is 13.0 Å². The van der Waals surface area contributed by atoms with Gasteiger partial charge in [-0.05, 0) is 19.4 Å². The van der Waals surface area contributed by atoms with Gasteiger partial charge in [0.1, 0.15) is 14.5 Å². The third kappa shape index (κ3) is 6.35. The molecule has 0 bridgehead atoms. The van der Waals surface area contributed by atoms with E-state index in [9.17, 15) is 0 Å². The summed E-state index contributed by atoms with van der Waals surface area (Å²) in [4.78, 5) is 0. The van der Waals surface area contributed by atoms with E-state index < -0.39 is 0 Å². The quantitative estimate of drug-likeness (QED) is 0.276. The summed E-state index contributed by atoms with van der Waals surface area (Å²) in [5.41, 5.74) is 0.851. The van der Waals surface area contributed by atoms with Gasteiger partial charge in [0, 0.05) is 0 Å². The largest absolute Gasteiger partial charge is 0.497 e. The van der Waals surface area contributed by atoms with Crippen molar-refractivity contribution in [2.75, 3.05) is 12.5 Å². The lowest BCUT2D eigenvalue weighted by atomic mass is 9.93. The minimum atomic E-state index is 0.512. The Hall–Kier alpha value is -0.365. The lowest BCUT2D eigenvalue weighted by molar-refractivity contribution is 0.233. The summed E-state index contributed by atoms with van der Waals surface area (Å²) in [6.45, 7) is 4.43. The monoisotopic (exact) mass is 184 g/mol. The molecular weight excluding hydrogens is 170 g/mol. The molecule has 0 aliphatic carbocycles. The highest BCUT2D eigenvalue weighted by Crippen LogP contribution is 1.99. The molecule has 0 aromatic rings. The normalized spacial score (nSPS) is 13.2. The van der Waals surface area contributed by atoms with Crippen LogP contribution >= 0.6 is 11.6 Å². The van der Waals surface area contributed by atoms with Gasteiger partial charge in [-0.15, -0.1) is 17.1 Å². The van der Waals surface area contributed by atoms with Crippen LogP contribution in [0.1, 0.15) is 20.3 Å². The number of hydrogen-bond acceptors (Lipinski definition) is 1. The van der Waals surface area contributed by atoms with E-state index in [1.807, 2.05) is 26.0 Å². The van der Waals surface area contributed by atoms with Gasteiger partial charge in [0.05, 0.1) is 11.6 Å². The van der Waals surface area contributed by atoms with Crippen LogP contribution in [0.4, 0.5) is 0 Å². The van der Waals surface area contributed by atoms with Gasteiger partial charge in [-0.25, -0.2) is 0 Å². The molecule has 0 aromatic carbocycles. The minimum absolute atomic E-state index is 0.512. The van der Waals surface area contributed by atoms with Crippen LogP contribution in [-0.4, -0.2) is 20.3 Å². The molecule has 0 heterocycles. The van der Waals surface area contributed by atoms with Crippen LogP contribution in [0.15, 0.2) is 23.4 Å². The number of allylic oxidation sites excluding steroid dienone is 4. The van der Waals surface area contributed by atoms with E-state index in [0.29, 0.717) is 12.5 Å². The van der Waals surface area contributed by atoms with Crippen LogP contribution in [0, 0.1) is 0 Å². The van der Waals surface area contributed by atoms with Crippen LogP contribution in [-0.2, 0) is 4.74 Å². The molecule has 0 aliphatic heterocycles. The van der Waals surface area contributed by atoms with Crippen molar-refractivity contribution in [3.8, 4) is 0 Å². The number of alkyl halides is 1. The first-order valence-electron chi connectivity index (χ1n) is 4.02. The molecular formula is C9H14BClO. The Kier molecular flexibility index (Phi) is 7.07. The van der Waals surface area contributed by atoms with Crippen molar-refractivity contribution in [3.05, 3.63) is 23.4 Å². The van der Waals surface area contributed by atoms with Gasteiger partial charge in [-0.2, -0.15) is 0 Å². The molecule has 0 saturated carbocycles. The number of hydrogen-bond donors (Lipinski definition) is 0. The zero-order valence-electron chi connectivity index (χ0n) is 7.64. The van der Waals surface area contributed by atoms with Gasteiger partial charge in [-0.3, -0.25) is 0 Å². The molecule has 2 radical (unpaired) electrons. The van der Waals surface area contributed by atoms with Crippen LogP contribution in [0.5, 0.6) is 0 Å². The van der Waals surface area contributed by atoms with Gasteiger partial charge in [0.15, 0.2) is 0 Å². The van der Waals surface area contributed by atoms with Gasteiger partial charge < -0.3 is 4.74 Å². The fraction of sp³-hybridized carbons (Fsp3) is 0.556. The summed E-state index contributed by atoms with van der Waals surface area (Å²) >= 11 is 5.44. The Morgan fingerprint density at radius 2 is 2.17 bits per heavy atom. The second-order valence-corrected chi connectivity index (χ2v) is 2.79. The molecule has 66 valence electrons. The highest BCUT2D eigenvalue weighted by atomic mass is 35.5. The van der Waals surface area contributed by atoms with E-state index in [4.69, 9.17) is 24.2 Å². The van der Waals surface area contributed by atoms with E-state index in [2.05, 4.69) is 0 Å². The zero-order chi connectivity index (χ0) is 9.40. The molecule has 0 N–H and O–H groups in total. The molecule has 0 amide bonds. The summed E-state index contributed by atoms with van der Waals surface area (Å²) < 4.78 is 5.22. The lowest BCUT2D eigenvalue weighted by Crippen LogP contribution is -1.92. The van der Waals surface area contributed by atoms with Crippen molar-refractivity contribution < 1.29 is 4.74 Å². The minimum Gasteiger partial charge on any atom is -0.497 e. The first-order chi connectivity index (χ1) is 5.70. The van der Waals surface area contributed by atoms with Crippen LogP contribution in [0.25, 0.3) is 0 Å². The molecule has 0 spiro atoms. The third-order valence-corrected chi connectivity index (χ3v) is 1.50. The summed E-state index contributed by atoms with van der Waals surface area (Å²) in [5.74, 6) is 1.35. The van der Waals surface area contributed by atoms with Crippen molar-refractivity contribution in [3.63, 3.8) is 0 Å². The summed E-state index contributed by atoms with van der Waals surface area (Å²) in [7, 11) is 5.58. The van der Waals surface area contributed by atoms with Crippen molar-refractivity contribution in [1.29, 1.82) is 0 Å². The van der Waals surface area contributed by atoms with Crippen molar-refractivity contribution in [2.24, 2.45) is 0 Å². The van der Waals surface area contributed by atoms with E-state index in [1.165, 1.54) is 0 Å². The third-order valence-electron chi connectivity index (χ3n) is 1.35. The maximum Gasteiger partial charge on any atom is 0.107 e.